The number of amides is 1. The van der Waals surface area contributed by atoms with Gasteiger partial charge in [0.1, 0.15) is 5.75 Å². The van der Waals surface area contributed by atoms with Crippen molar-refractivity contribution < 1.29 is 27.4 Å². The van der Waals surface area contributed by atoms with Gasteiger partial charge in [-0.2, -0.15) is 0 Å². The first-order valence-electron chi connectivity index (χ1n) is 10.5. The summed E-state index contributed by atoms with van der Waals surface area (Å²) in [7, 11) is 2.33. The predicted molar refractivity (Wildman–Crippen MR) is 130 cm³/mol. The number of hydrogen-bond donors (Lipinski definition) is 1. The normalized spacial score (nSPS) is 11.9. The minimum absolute atomic E-state index is 0.140. The van der Waals surface area contributed by atoms with Crippen molar-refractivity contribution in [3.8, 4) is 17.2 Å². The first kappa shape index (κ1) is 24.9. The summed E-state index contributed by atoms with van der Waals surface area (Å²) in [5, 5.41) is 2.94. The molecule has 1 atom stereocenters. The zero-order chi connectivity index (χ0) is 24.9. The maximum Gasteiger partial charge on any atom is 0.264 e. The highest BCUT2D eigenvalue weighted by atomic mass is 32.2. The van der Waals surface area contributed by atoms with Crippen LogP contribution >= 0.6 is 0 Å². The van der Waals surface area contributed by atoms with E-state index in [1.165, 1.54) is 30.6 Å². The molecule has 1 N–H and O–H groups in total. The first-order valence-corrected chi connectivity index (χ1v) is 11.9. The number of anilines is 1. The average Bonchev–Trinajstić information content (AvgIpc) is 2.87. The molecule has 0 unspecified atom stereocenters. The van der Waals surface area contributed by atoms with Gasteiger partial charge < -0.3 is 19.5 Å². The summed E-state index contributed by atoms with van der Waals surface area (Å²) in [6.45, 7) is 1.86. The Kier molecular flexibility index (Phi) is 7.68. The number of rotatable bonds is 9. The second kappa shape index (κ2) is 10.5. The number of sulfonamides is 1. The van der Waals surface area contributed by atoms with E-state index in [9.17, 15) is 13.2 Å². The van der Waals surface area contributed by atoms with Crippen LogP contribution in [0.4, 0.5) is 5.69 Å². The minimum Gasteiger partial charge on any atom is -0.497 e. The highest BCUT2D eigenvalue weighted by Crippen LogP contribution is 2.30. The second-order valence-electron chi connectivity index (χ2n) is 7.50. The molecular weight excluding hydrogens is 456 g/mol. The van der Waals surface area contributed by atoms with Crippen molar-refractivity contribution in [1.29, 1.82) is 0 Å². The summed E-state index contributed by atoms with van der Waals surface area (Å²) in [4.78, 5) is 12.9. The van der Waals surface area contributed by atoms with Crippen LogP contribution in [0, 0.1) is 0 Å². The van der Waals surface area contributed by atoms with Crippen LogP contribution in [0.15, 0.2) is 71.6 Å². The smallest absolute Gasteiger partial charge is 0.264 e. The Bertz CT molecular complexity index is 1240. The lowest BCUT2D eigenvalue weighted by atomic mass is 10.1. The van der Waals surface area contributed by atoms with Crippen LogP contribution < -0.4 is 23.8 Å². The Morgan fingerprint density at radius 1 is 0.853 bits per heavy atom. The Morgan fingerprint density at radius 2 is 1.47 bits per heavy atom. The van der Waals surface area contributed by atoms with Gasteiger partial charge in [0, 0.05) is 12.6 Å². The Hall–Kier alpha value is -3.72. The molecule has 0 aliphatic heterocycles. The monoisotopic (exact) mass is 484 g/mol. The zero-order valence-corrected chi connectivity index (χ0v) is 20.5. The molecule has 0 aromatic heterocycles. The molecule has 34 heavy (non-hydrogen) atoms. The standard InChI is InChI=1S/C25H28N2O6S/c1-17(19-8-15-23(32-4)24(16-19)33-5)26-25(28)18-6-9-20(10-7-18)27(2)34(29,30)22-13-11-21(31-3)12-14-22/h6-17H,1-5H3,(H,26,28)/t17-/m1/s1. The summed E-state index contributed by atoms with van der Waals surface area (Å²) < 4.78 is 42.7. The lowest BCUT2D eigenvalue weighted by Crippen LogP contribution is -2.28. The van der Waals surface area contributed by atoms with E-state index in [1.807, 2.05) is 19.1 Å². The topological polar surface area (TPSA) is 94.2 Å². The first-order chi connectivity index (χ1) is 16.2. The molecule has 0 spiro atoms. The van der Waals surface area contributed by atoms with Crippen LogP contribution in [-0.4, -0.2) is 42.7 Å². The lowest BCUT2D eigenvalue weighted by Gasteiger charge is -2.20. The largest absolute Gasteiger partial charge is 0.497 e. The Morgan fingerprint density at radius 3 is 2.03 bits per heavy atom. The number of carbonyl (C=O) groups excluding carboxylic acids is 1. The number of benzene rings is 3. The molecule has 0 saturated heterocycles. The zero-order valence-electron chi connectivity index (χ0n) is 19.7. The number of nitrogens with zero attached hydrogens (tertiary/aromatic N) is 1. The summed E-state index contributed by atoms with van der Waals surface area (Å²) in [6, 6.07) is 17.7. The molecule has 0 heterocycles. The SMILES string of the molecule is COc1ccc(S(=O)(=O)N(C)c2ccc(C(=O)N[C@H](C)c3ccc(OC)c(OC)c3)cc2)cc1. The van der Waals surface area contributed by atoms with Gasteiger partial charge in [-0.05, 0) is 73.2 Å². The number of carbonyl (C=O) groups is 1. The summed E-state index contributed by atoms with van der Waals surface area (Å²) in [6.07, 6.45) is 0. The molecule has 3 aromatic carbocycles. The summed E-state index contributed by atoms with van der Waals surface area (Å²) in [5.74, 6) is 1.47. The Labute approximate surface area is 200 Å². The van der Waals surface area contributed by atoms with E-state index in [2.05, 4.69) is 5.32 Å². The number of ether oxygens (including phenoxy) is 3. The third kappa shape index (κ3) is 5.26. The van der Waals surface area contributed by atoms with Crippen LogP contribution in [0.5, 0.6) is 17.2 Å². The average molecular weight is 485 g/mol. The van der Waals surface area contributed by atoms with E-state index in [0.29, 0.717) is 28.5 Å². The fourth-order valence-electron chi connectivity index (χ4n) is 3.35. The van der Waals surface area contributed by atoms with Gasteiger partial charge in [0.2, 0.25) is 0 Å². The predicted octanol–water partition coefficient (Wildman–Crippen LogP) is 4.03. The minimum atomic E-state index is -3.76. The van der Waals surface area contributed by atoms with Crippen LogP contribution in [-0.2, 0) is 10.0 Å². The van der Waals surface area contributed by atoms with Crippen LogP contribution in [0.1, 0.15) is 28.9 Å². The quantitative estimate of drug-likeness (QED) is 0.493. The molecule has 3 aromatic rings. The molecule has 180 valence electrons. The molecule has 0 fully saturated rings. The third-order valence-electron chi connectivity index (χ3n) is 5.47. The number of nitrogens with one attached hydrogen (secondary N) is 1. The second-order valence-corrected chi connectivity index (χ2v) is 9.47. The van der Waals surface area contributed by atoms with E-state index < -0.39 is 10.0 Å². The summed E-state index contributed by atoms with van der Waals surface area (Å²) in [5.41, 5.74) is 1.69. The van der Waals surface area contributed by atoms with Gasteiger partial charge in [-0.3, -0.25) is 9.10 Å². The molecule has 8 nitrogen and oxygen atoms in total. The lowest BCUT2D eigenvalue weighted by molar-refractivity contribution is 0.0940. The Balaban J connectivity index is 1.72. The highest BCUT2D eigenvalue weighted by Gasteiger charge is 2.22. The molecular formula is C25H28N2O6S. The molecule has 0 saturated carbocycles. The molecule has 1 amide bonds. The maximum absolute atomic E-state index is 12.9. The van der Waals surface area contributed by atoms with Gasteiger partial charge in [-0.25, -0.2) is 8.42 Å². The van der Waals surface area contributed by atoms with Crippen LogP contribution in [0.2, 0.25) is 0 Å². The van der Waals surface area contributed by atoms with E-state index in [1.54, 1.807) is 56.7 Å². The molecule has 9 heteroatoms. The van der Waals surface area contributed by atoms with Crippen molar-refractivity contribution in [2.75, 3.05) is 32.7 Å². The molecule has 0 bridgehead atoms. The van der Waals surface area contributed by atoms with Crippen molar-refractivity contribution in [3.05, 3.63) is 77.9 Å². The van der Waals surface area contributed by atoms with E-state index in [0.717, 1.165) is 5.56 Å². The third-order valence-corrected chi connectivity index (χ3v) is 7.27. The van der Waals surface area contributed by atoms with Gasteiger partial charge in [0.25, 0.3) is 15.9 Å². The molecule has 0 aliphatic carbocycles. The van der Waals surface area contributed by atoms with E-state index >= 15 is 0 Å². The maximum atomic E-state index is 12.9. The summed E-state index contributed by atoms with van der Waals surface area (Å²) >= 11 is 0. The van der Waals surface area contributed by atoms with E-state index in [4.69, 9.17) is 14.2 Å². The van der Waals surface area contributed by atoms with Gasteiger partial charge >= 0.3 is 0 Å². The van der Waals surface area contributed by atoms with Crippen LogP contribution in [0.3, 0.4) is 0 Å². The van der Waals surface area contributed by atoms with Crippen molar-refractivity contribution in [2.24, 2.45) is 0 Å². The van der Waals surface area contributed by atoms with Crippen molar-refractivity contribution in [2.45, 2.75) is 17.9 Å². The van der Waals surface area contributed by atoms with Crippen molar-refractivity contribution in [3.63, 3.8) is 0 Å². The van der Waals surface area contributed by atoms with Gasteiger partial charge in [0.05, 0.1) is 38.0 Å². The van der Waals surface area contributed by atoms with Crippen LogP contribution in [0.25, 0.3) is 0 Å². The van der Waals surface area contributed by atoms with Crippen molar-refractivity contribution >= 4 is 21.6 Å². The molecule has 3 rings (SSSR count). The molecule has 0 radical (unpaired) electrons. The van der Waals surface area contributed by atoms with E-state index in [-0.39, 0.29) is 16.8 Å². The fourth-order valence-corrected chi connectivity index (χ4v) is 4.55. The van der Waals surface area contributed by atoms with Gasteiger partial charge in [0.15, 0.2) is 11.5 Å². The molecule has 0 aliphatic rings. The highest BCUT2D eigenvalue weighted by molar-refractivity contribution is 7.92. The van der Waals surface area contributed by atoms with Gasteiger partial charge in [-0.1, -0.05) is 6.07 Å². The fraction of sp³-hybridized carbons (Fsp3) is 0.240. The number of hydrogen-bond acceptors (Lipinski definition) is 6. The number of methoxy groups -OCH3 is 3. The van der Waals surface area contributed by atoms with Gasteiger partial charge in [-0.15, -0.1) is 0 Å². The van der Waals surface area contributed by atoms with Crippen molar-refractivity contribution in [1.82, 2.24) is 5.32 Å².